The molecule has 1 N–H and O–H groups in total. The highest BCUT2D eigenvalue weighted by Crippen LogP contribution is 2.29. The molecule has 0 saturated carbocycles. The Balaban J connectivity index is 1.56. The highest BCUT2D eigenvalue weighted by atomic mass is 35.5. The summed E-state index contributed by atoms with van der Waals surface area (Å²) in [6.45, 7) is 2.09. The number of fused-ring (bicyclic) bond motifs is 2. The van der Waals surface area contributed by atoms with Crippen molar-refractivity contribution < 1.29 is 9.53 Å². The molecule has 7 heteroatoms. The Labute approximate surface area is 149 Å². The number of pyridine rings is 1. The normalized spacial score (nSPS) is 14.4. The Morgan fingerprint density at radius 1 is 1.32 bits per heavy atom. The molecule has 3 heterocycles. The van der Waals surface area contributed by atoms with Crippen molar-refractivity contribution in [1.82, 2.24) is 19.9 Å². The van der Waals surface area contributed by atoms with Gasteiger partial charge in [-0.2, -0.15) is 0 Å². The molecule has 1 atom stereocenters. The summed E-state index contributed by atoms with van der Waals surface area (Å²) in [5.74, 6) is 1.19. The van der Waals surface area contributed by atoms with Gasteiger partial charge in [0.25, 0.3) is 5.91 Å². The number of halogens is 1. The molecule has 1 aliphatic rings. The molecule has 0 spiro atoms. The fourth-order valence-electron chi connectivity index (χ4n) is 2.79. The lowest BCUT2D eigenvalue weighted by Crippen LogP contribution is -2.31. The van der Waals surface area contributed by atoms with E-state index in [1.165, 1.54) is 0 Å². The highest BCUT2D eigenvalue weighted by molar-refractivity contribution is 6.30. The Morgan fingerprint density at radius 2 is 2.20 bits per heavy atom. The third kappa shape index (κ3) is 2.96. The van der Waals surface area contributed by atoms with Gasteiger partial charge >= 0.3 is 0 Å². The summed E-state index contributed by atoms with van der Waals surface area (Å²) >= 11 is 6.01. The van der Waals surface area contributed by atoms with E-state index in [2.05, 4.69) is 15.5 Å². The smallest absolute Gasteiger partial charge is 0.251 e. The van der Waals surface area contributed by atoms with Gasteiger partial charge in [-0.25, -0.2) is 0 Å². The lowest BCUT2D eigenvalue weighted by atomic mass is 10.1. The van der Waals surface area contributed by atoms with Crippen molar-refractivity contribution in [1.29, 1.82) is 0 Å². The number of carbonyl (C=O) groups excluding carboxylic acids is 1. The maximum Gasteiger partial charge on any atom is 0.251 e. The average Bonchev–Trinajstić information content (AvgIpc) is 3.05. The van der Waals surface area contributed by atoms with E-state index in [-0.39, 0.29) is 18.6 Å². The first-order valence-electron chi connectivity index (χ1n) is 7.85. The number of nitrogens with one attached hydrogen (secondary N) is 1. The molecule has 1 amide bonds. The van der Waals surface area contributed by atoms with Crippen LogP contribution in [0.15, 0.2) is 48.2 Å². The Kier molecular flexibility index (Phi) is 3.89. The number of aromatic nitrogens is 3. The van der Waals surface area contributed by atoms with E-state index in [4.69, 9.17) is 16.3 Å². The van der Waals surface area contributed by atoms with Crippen LogP contribution in [0.25, 0.3) is 11.7 Å². The van der Waals surface area contributed by atoms with Crippen molar-refractivity contribution in [2.75, 3.05) is 6.61 Å². The van der Waals surface area contributed by atoms with Gasteiger partial charge in [-0.05, 0) is 43.3 Å². The van der Waals surface area contributed by atoms with Crippen LogP contribution in [0.3, 0.4) is 0 Å². The topological polar surface area (TPSA) is 68.5 Å². The first-order chi connectivity index (χ1) is 12.1. The molecule has 4 rings (SSSR count). The zero-order chi connectivity index (χ0) is 17.4. The van der Waals surface area contributed by atoms with Gasteiger partial charge in [-0.3, -0.25) is 9.20 Å². The summed E-state index contributed by atoms with van der Waals surface area (Å²) in [7, 11) is 0. The predicted octanol–water partition coefficient (Wildman–Crippen LogP) is 3.04. The minimum atomic E-state index is -0.299. The Bertz CT molecular complexity index is 996. The maximum atomic E-state index is 12.6. The zero-order valence-corrected chi connectivity index (χ0v) is 14.2. The van der Waals surface area contributed by atoms with Crippen LogP contribution in [0.4, 0.5) is 0 Å². The standard InChI is InChI=1S/C18H15ClN4O2/c1-11(17-22-21-16-4-2-3-7-23(16)17)20-18(24)13-8-12-9-14(19)5-6-15(12)25-10-13/h2-9,11H,10H2,1H3,(H,20,24). The molecular weight excluding hydrogens is 340 g/mol. The maximum absolute atomic E-state index is 12.6. The van der Waals surface area contributed by atoms with Crippen molar-refractivity contribution in [3.8, 4) is 5.75 Å². The van der Waals surface area contributed by atoms with E-state index in [0.717, 1.165) is 17.0 Å². The van der Waals surface area contributed by atoms with Crippen LogP contribution in [0, 0.1) is 0 Å². The molecule has 2 aromatic heterocycles. The second-order valence-electron chi connectivity index (χ2n) is 5.82. The molecule has 126 valence electrons. The van der Waals surface area contributed by atoms with E-state index in [0.29, 0.717) is 16.4 Å². The molecule has 0 saturated heterocycles. The van der Waals surface area contributed by atoms with Crippen molar-refractivity contribution in [2.24, 2.45) is 0 Å². The highest BCUT2D eigenvalue weighted by Gasteiger charge is 2.21. The number of amides is 1. The molecule has 0 fully saturated rings. The lowest BCUT2D eigenvalue weighted by Gasteiger charge is -2.19. The molecule has 1 aromatic carbocycles. The van der Waals surface area contributed by atoms with E-state index >= 15 is 0 Å². The Morgan fingerprint density at radius 3 is 3.08 bits per heavy atom. The largest absolute Gasteiger partial charge is 0.488 e. The van der Waals surface area contributed by atoms with E-state index in [1.54, 1.807) is 24.3 Å². The van der Waals surface area contributed by atoms with Gasteiger partial charge in [-0.15, -0.1) is 10.2 Å². The minimum absolute atomic E-state index is 0.203. The summed E-state index contributed by atoms with van der Waals surface area (Å²) in [6.07, 6.45) is 3.67. The Hall–Kier alpha value is -2.86. The van der Waals surface area contributed by atoms with E-state index in [9.17, 15) is 4.79 Å². The zero-order valence-electron chi connectivity index (χ0n) is 13.4. The molecule has 3 aromatic rings. The molecule has 25 heavy (non-hydrogen) atoms. The van der Waals surface area contributed by atoms with Gasteiger partial charge in [0.2, 0.25) is 0 Å². The van der Waals surface area contributed by atoms with Gasteiger partial charge in [0.1, 0.15) is 12.4 Å². The number of hydrogen-bond acceptors (Lipinski definition) is 4. The van der Waals surface area contributed by atoms with Crippen LogP contribution in [0.5, 0.6) is 5.75 Å². The summed E-state index contributed by atoms with van der Waals surface area (Å²) in [6, 6.07) is 10.7. The van der Waals surface area contributed by atoms with Crippen molar-refractivity contribution in [3.63, 3.8) is 0 Å². The average molecular weight is 355 g/mol. The van der Waals surface area contributed by atoms with Gasteiger partial charge < -0.3 is 10.1 Å². The van der Waals surface area contributed by atoms with Crippen LogP contribution in [-0.4, -0.2) is 27.1 Å². The van der Waals surface area contributed by atoms with Crippen LogP contribution >= 0.6 is 11.6 Å². The van der Waals surface area contributed by atoms with Gasteiger partial charge in [0.05, 0.1) is 11.6 Å². The molecule has 6 nitrogen and oxygen atoms in total. The summed E-state index contributed by atoms with van der Waals surface area (Å²) in [5.41, 5.74) is 2.07. The number of nitrogens with zero attached hydrogens (tertiary/aromatic N) is 3. The van der Waals surface area contributed by atoms with Crippen LogP contribution in [0.1, 0.15) is 24.4 Å². The third-order valence-electron chi connectivity index (χ3n) is 4.05. The number of hydrogen-bond donors (Lipinski definition) is 1. The van der Waals surface area contributed by atoms with Crippen LogP contribution in [-0.2, 0) is 4.79 Å². The summed E-state index contributed by atoms with van der Waals surface area (Å²) in [5, 5.41) is 11.8. The molecule has 0 aliphatic carbocycles. The van der Waals surface area contributed by atoms with E-state index in [1.807, 2.05) is 35.7 Å². The van der Waals surface area contributed by atoms with E-state index < -0.39 is 0 Å². The monoisotopic (exact) mass is 354 g/mol. The third-order valence-corrected chi connectivity index (χ3v) is 4.29. The van der Waals surface area contributed by atoms with Crippen LogP contribution in [0.2, 0.25) is 5.02 Å². The van der Waals surface area contributed by atoms with Gasteiger partial charge in [0.15, 0.2) is 11.5 Å². The van der Waals surface area contributed by atoms with Crippen molar-refractivity contribution in [2.45, 2.75) is 13.0 Å². The molecule has 0 radical (unpaired) electrons. The predicted molar refractivity (Wildman–Crippen MR) is 94.5 cm³/mol. The quantitative estimate of drug-likeness (QED) is 0.785. The van der Waals surface area contributed by atoms with Crippen molar-refractivity contribution >= 4 is 29.2 Å². The fraction of sp³-hybridized carbons (Fsp3) is 0.167. The minimum Gasteiger partial charge on any atom is -0.488 e. The molecular formula is C18H15ClN4O2. The second kappa shape index (κ2) is 6.22. The fourth-order valence-corrected chi connectivity index (χ4v) is 2.97. The SMILES string of the molecule is CC(NC(=O)C1=Cc2cc(Cl)ccc2OC1)c1nnc2ccccn12. The molecule has 0 bridgehead atoms. The summed E-state index contributed by atoms with van der Waals surface area (Å²) in [4.78, 5) is 12.6. The molecule has 1 unspecified atom stereocenters. The second-order valence-corrected chi connectivity index (χ2v) is 6.26. The summed E-state index contributed by atoms with van der Waals surface area (Å²) < 4.78 is 7.49. The molecule has 1 aliphatic heterocycles. The van der Waals surface area contributed by atoms with Crippen LogP contribution < -0.4 is 10.1 Å². The number of carbonyl (C=O) groups is 1. The first kappa shape index (κ1) is 15.7. The number of rotatable bonds is 3. The van der Waals surface area contributed by atoms with Crippen molar-refractivity contribution in [3.05, 3.63) is 64.6 Å². The number of benzene rings is 1. The number of ether oxygens (including phenoxy) is 1. The van der Waals surface area contributed by atoms with Gasteiger partial charge in [0, 0.05) is 16.8 Å². The van der Waals surface area contributed by atoms with Gasteiger partial charge in [-0.1, -0.05) is 17.7 Å². The first-order valence-corrected chi connectivity index (χ1v) is 8.23. The lowest BCUT2D eigenvalue weighted by molar-refractivity contribution is -0.118.